The number of ketones is 1. The van der Waals surface area contributed by atoms with E-state index >= 15 is 0 Å². The van der Waals surface area contributed by atoms with Crippen LogP contribution in [0.1, 0.15) is 23.6 Å². The molecule has 1 aliphatic rings. The Morgan fingerprint density at radius 1 is 0.731 bits per heavy atom. The Bertz CT molecular complexity index is 959. The Kier molecular flexibility index (Phi) is 4.06. The predicted molar refractivity (Wildman–Crippen MR) is 104 cm³/mol. The van der Waals surface area contributed by atoms with Gasteiger partial charge < -0.3 is 5.11 Å². The van der Waals surface area contributed by atoms with Crippen molar-refractivity contribution >= 4 is 16.9 Å². The van der Waals surface area contributed by atoms with E-state index < -0.39 is 11.5 Å². The molecule has 0 amide bonds. The number of carbonyl (C=O) groups excluding carboxylic acids is 1. The highest BCUT2D eigenvalue weighted by atomic mass is 16.3. The molecule has 2 atom stereocenters. The van der Waals surface area contributed by atoms with Gasteiger partial charge in [-0.05, 0) is 16.7 Å². The number of hydrogen-bond donors (Lipinski definition) is 1. The van der Waals surface area contributed by atoms with Gasteiger partial charge in [-0.25, -0.2) is 0 Å². The molecule has 26 heavy (non-hydrogen) atoms. The maximum absolute atomic E-state index is 13.3. The smallest absolute Gasteiger partial charge is 0.170 e. The average molecular weight is 340 g/mol. The molecular formula is C24H20O2. The van der Waals surface area contributed by atoms with Crippen LogP contribution in [0.5, 0.6) is 0 Å². The summed E-state index contributed by atoms with van der Waals surface area (Å²) in [7, 11) is 0. The fraction of sp³-hybridized carbons (Fsp3) is 0.125. The summed E-state index contributed by atoms with van der Waals surface area (Å²) in [6, 6.07) is 28.8. The van der Waals surface area contributed by atoms with Crippen LogP contribution in [0.4, 0.5) is 0 Å². The standard InChI is InChI=1S/C24H20O2/c1-17-23(25)21(18-11-5-2-6-12-18)22(19-13-7-3-8-14-19)24(17,26)20-15-9-4-10-16-20/h2-17,26H,1H3/t17-,24-/m0/s1. The third-order valence-corrected chi connectivity index (χ3v) is 5.24. The zero-order valence-corrected chi connectivity index (χ0v) is 14.6. The summed E-state index contributed by atoms with van der Waals surface area (Å²) in [5.41, 5.74) is 2.39. The highest BCUT2D eigenvalue weighted by Gasteiger charge is 2.52. The second kappa shape index (κ2) is 6.40. The van der Waals surface area contributed by atoms with Gasteiger partial charge in [-0.1, -0.05) is 97.9 Å². The third-order valence-electron chi connectivity index (χ3n) is 5.24. The van der Waals surface area contributed by atoms with Crippen molar-refractivity contribution in [2.24, 2.45) is 5.92 Å². The largest absolute Gasteiger partial charge is 0.380 e. The SMILES string of the molecule is C[C@H]1C(=O)C(c2ccccc2)=C(c2ccccc2)[C@@]1(O)c1ccccc1. The number of benzene rings is 3. The topological polar surface area (TPSA) is 37.3 Å². The average Bonchev–Trinajstić information content (AvgIpc) is 2.92. The van der Waals surface area contributed by atoms with E-state index in [1.54, 1.807) is 0 Å². The summed E-state index contributed by atoms with van der Waals surface area (Å²) >= 11 is 0. The number of Topliss-reactive ketones (excluding diaryl/α,β-unsaturated/α-hetero) is 1. The van der Waals surface area contributed by atoms with Crippen LogP contribution >= 0.6 is 0 Å². The minimum atomic E-state index is -1.36. The molecule has 1 N–H and O–H groups in total. The highest BCUT2D eigenvalue weighted by Crippen LogP contribution is 2.52. The van der Waals surface area contributed by atoms with Crippen molar-refractivity contribution < 1.29 is 9.90 Å². The second-order valence-electron chi connectivity index (χ2n) is 6.70. The lowest BCUT2D eigenvalue weighted by molar-refractivity contribution is -0.121. The molecule has 0 aliphatic heterocycles. The van der Waals surface area contributed by atoms with E-state index in [1.807, 2.05) is 97.9 Å². The Morgan fingerprint density at radius 3 is 1.73 bits per heavy atom. The lowest BCUT2D eigenvalue weighted by atomic mass is 9.78. The molecule has 0 unspecified atom stereocenters. The second-order valence-corrected chi connectivity index (χ2v) is 6.70. The molecule has 128 valence electrons. The van der Waals surface area contributed by atoms with Gasteiger partial charge in [0.05, 0.1) is 5.92 Å². The van der Waals surface area contributed by atoms with Gasteiger partial charge in [-0.3, -0.25) is 4.79 Å². The monoisotopic (exact) mass is 340 g/mol. The molecular weight excluding hydrogens is 320 g/mol. The first-order valence-corrected chi connectivity index (χ1v) is 8.81. The minimum Gasteiger partial charge on any atom is -0.380 e. The summed E-state index contributed by atoms with van der Waals surface area (Å²) in [6.07, 6.45) is 0. The first-order chi connectivity index (χ1) is 12.6. The van der Waals surface area contributed by atoms with Crippen molar-refractivity contribution in [1.82, 2.24) is 0 Å². The van der Waals surface area contributed by atoms with Gasteiger partial charge in [-0.15, -0.1) is 0 Å². The zero-order chi connectivity index (χ0) is 18.1. The Morgan fingerprint density at radius 2 is 1.19 bits per heavy atom. The lowest BCUT2D eigenvalue weighted by Gasteiger charge is -2.31. The molecule has 0 spiro atoms. The first-order valence-electron chi connectivity index (χ1n) is 8.81. The van der Waals surface area contributed by atoms with Crippen molar-refractivity contribution in [1.29, 1.82) is 0 Å². The molecule has 3 aromatic rings. The number of rotatable bonds is 3. The van der Waals surface area contributed by atoms with Crippen molar-refractivity contribution in [2.75, 3.05) is 0 Å². The van der Waals surface area contributed by atoms with Crippen LogP contribution in [0.15, 0.2) is 91.0 Å². The van der Waals surface area contributed by atoms with Crippen molar-refractivity contribution in [3.63, 3.8) is 0 Å². The number of aliphatic hydroxyl groups is 1. The maximum atomic E-state index is 13.3. The normalized spacial score (nSPS) is 22.7. The minimum absolute atomic E-state index is 0.0265. The van der Waals surface area contributed by atoms with E-state index in [0.29, 0.717) is 11.1 Å². The maximum Gasteiger partial charge on any atom is 0.170 e. The first kappa shape index (κ1) is 16.5. The van der Waals surface area contributed by atoms with Gasteiger partial charge >= 0.3 is 0 Å². The molecule has 0 aromatic heterocycles. The number of carbonyl (C=O) groups is 1. The van der Waals surface area contributed by atoms with E-state index in [2.05, 4.69) is 0 Å². The Labute approximate surface area is 153 Å². The number of allylic oxidation sites excluding steroid dienone is 1. The predicted octanol–water partition coefficient (Wildman–Crippen LogP) is 4.70. The molecule has 2 heteroatoms. The van der Waals surface area contributed by atoms with Crippen LogP contribution in [-0.2, 0) is 10.4 Å². The van der Waals surface area contributed by atoms with Gasteiger partial charge in [0.1, 0.15) is 5.60 Å². The van der Waals surface area contributed by atoms with Crippen LogP contribution in [0.2, 0.25) is 0 Å². The molecule has 3 aromatic carbocycles. The van der Waals surface area contributed by atoms with Crippen molar-refractivity contribution in [3.05, 3.63) is 108 Å². The summed E-state index contributed by atoms with van der Waals surface area (Å²) < 4.78 is 0. The third kappa shape index (κ3) is 2.42. The fourth-order valence-electron chi connectivity index (χ4n) is 3.88. The molecule has 0 bridgehead atoms. The van der Waals surface area contributed by atoms with Crippen LogP contribution in [0.25, 0.3) is 11.1 Å². The fourth-order valence-corrected chi connectivity index (χ4v) is 3.88. The van der Waals surface area contributed by atoms with Gasteiger partial charge in [-0.2, -0.15) is 0 Å². The molecule has 0 fully saturated rings. The van der Waals surface area contributed by atoms with Gasteiger partial charge in [0.15, 0.2) is 5.78 Å². The lowest BCUT2D eigenvalue weighted by Crippen LogP contribution is -2.33. The summed E-state index contributed by atoms with van der Waals surface area (Å²) in [5, 5.41) is 11.9. The van der Waals surface area contributed by atoms with Crippen LogP contribution in [0, 0.1) is 5.92 Å². The Balaban J connectivity index is 2.06. The van der Waals surface area contributed by atoms with E-state index in [9.17, 15) is 9.90 Å². The van der Waals surface area contributed by atoms with E-state index in [4.69, 9.17) is 0 Å². The molecule has 2 nitrogen and oxygen atoms in total. The van der Waals surface area contributed by atoms with Gasteiger partial charge in [0.2, 0.25) is 0 Å². The van der Waals surface area contributed by atoms with Crippen LogP contribution < -0.4 is 0 Å². The highest BCUT2D eigenvalue weighted by molar-refractivity contribution is 6.33. The van der Waals surface area contributed by atoms with Crippen molar-refractivity contribution in [2.45, 2.75) is 12.5 Å². The molecule has 0 heterocycles. The van der Waals surface area contributed by atoms with E-state index in [-0.39, 0.29) is 5.78 Å². The summed E-state index contributed by atoms with van der Waals surface area (Å²) in [6.45, 7) is 1.81. The molecule has 4 rings (SSSR count). The van der Waals surface area contributed by atoms with Crippen LogP contribution in [0.3, 0.4) is 0 Å². The zero-order valence-electron chi connectivity index (χ0n) is 14.6. The quantitative estimate of drug-likeness (QED) is 0.750. The van der Waals surface area contributed by atoms with Crippen molar-refractivity contribution in [3.8, 4) is 0 Å². The molecule has 0 saturated heterocycles. The van der Waals surface area contributed by atoms with E-state index in [1.165, 1.54) is 0 Å². The summed E-state index contributed by atoms with van der Waals surface area (Å²) in [4.78, 5) is 13.3. The van der Waals surface area contributed by atoms with Gasteiger partial charge in [0.25, 0.3) is 0 Å². The van der Waals surface area contributed by atoms with E-state index in [0.717, 1.165) is 16.7 Å². The van der Waals surface area contributed by atoms with Crippen LogP contribution in [-0.4, -0.2) is 10.9 Å². The summed E-state index contributed by atoms with van der Waals surface area (Å²) in [5.74, 6) is -0.586. The molecule has 0 radical (unpaired) electrons. The molecule has 0 saturated carbocycles. The molecule has 1 aliphatic carbocycles. The Hall–Kier alpha value is -2.97. The van der Waals surface area contributed by atoms with Gasteiger partial charge in [0, 0.05) is 11.1 Å². The number of hydrogen-bond acceptors (Lipinski definition) is 2.